The number of hydrogen-bond donors (Lipinski definition) is 2. The Morgan fingerprint density at radius 3 is 2.56 bits per heavy atom. The molecule has 18 heavy (non-hydrogen) atoms. The maximum atomic E-state index is 11.9. The Balaban J connectivity index is 1.88. The van der Waals surface area contributed by atoms with Crippen molar-refractivity contribution < 1.29 is 14.7 Å². The van der Waals surface area contributed by atoms with Gasteiger partial charge in [0.1, 0.15) is 12.1 Å². The van der Waals surface area contributed by atoms with E-state index < -0.39 is 18.1 Å². The summed E-state index contributed by atoms with van der Waals surface area (Å²) in [5, 5.41) is 9.39. The van der Waals surface area contributed by atoms with E-state index in [-0.39, 0.29) is 12.5 Å². The average Bonchev–Trinajstić information content (AvgIpc) is 2.33. The SMILES string of the molecule is NC(=O)C1C(O)CN1C(=O)CCc1ccccc1. The van der Waals surface area contributed by atoms with Gasteiger partial charge in [-0.2, -0.15) is 0 Å². The third-order valence-corrected chi connectivity index (χ3v) is 3.17. The topological polar surface area (TPSA) is 83.6 Å². The number of aliphatic hydroxyl groups is 1. The zero-order valence-electron chi connectivity index (χ0n) is 9.95. The molecule has 0 radical (unpaired) electrons. The van der Waals surface area contributed by atoms with Crippen LogP contribution in [0.15, 0.2) is 30.3 Å². The van der Waals surface area contributed by atoms with Gasteiger partial charge < -0.3 is 15.7 Å². The maximum absolute atomic E-state index is 11.9. The molecule has 2 atom stereocenters. The summed E-state index contributed by atoms with van der Waals surface area (Å²) in [5.74, 6) is -0.797. The van der Waals surface area contributed by atoms with Crippen molar-refractivity contribution in [2.24, 2.45) is 5.73 Å². The van der Waals surface area contributed by atoms with E-state index in [1.807, 2.05) is 30.3 Å². The van der Waals surface area contributed by atoms with Gasteiger partial charge in [0, 0.05) is 6.42 Å². The summed E-state index contributed by atoms with van der Waals surface area (Å²) in [6.07, 6.45) is 0.126. The highest BCUT2D eigenvalue weighted by atomic mass is 16.3. The second-order valence-corrected chi connectivity index (χ2v) is 4.45. The molecule has 5 nitrogen and oxygen atoms in total. The zero-order valence-corrected chi connectivity index (χ0v) is 9.95. The van der Waals surface area contributed by atoms with E-state index in [0.29, 0.717) is 12.8 Å². The molecule has 2 unspecified atom stereocenters. The van der Waals surface area contributed by atoms with Crippen molar-refractivity contribution in [3.05, 3.63) is 35.9 Å². The number of amides is 2. The third-order valence-electron chi connectivity index (χ3n) is 3.17. The standard InChI is InChI=1S/C13H16N2O3/c14-13(18)12-10(16)8-15(12)11(17)7-6-9-4-2-1-3-5-9/h1-5,10,12,16H,6-8H2,(H2,14,18). The number of carbonyl (C=O) groups excluding carboxylic acids is 2. The minimum atomic E-state index is -0.853. The van der Waals surface area contributed by atoms with Crippen LogP contribution in [0.4, 0.5) is 0 Å². The van der Waals surface area contributed by atoms with Gasteiger partial charge in [0.15, 0.2) is 0 Å². The molecule has 1 aliphatic heterocycles. The lowest BCUT2D eigenvalue weighted by Crippen LogP contribution is -2.67. The fourth-order valence-corrected chi connectivity index (χ4v) is 2.12. The van der Waals surface area contributed by atoms with E-state index in [9.17, 15) is 14.7 Å². The molecule has 3 N–H and O–H groups in total. The van der Waals surface area contributed by atoms with Crippen molar-refractivity contribution in [1.29, 1.82) is 0 Å². The van der Waals surface area contributed by atoms with Crippen LogP contribution < -0.4 is 5.73 Å². The number of aliphatic hydroxyl groups excluding tert-OH is 1. The van der Waals surface area contributed by atoms with Crippen LogP contribution >= 0.6 is 0 Å². The third kappa shape index (κ3) is 2.51. The highest BCUT2D eigenvalue weighted by Gasteiger charge is 2.44. The van der Waals surface area contributed by atoms with E-state index in [2.05, 4.69) is 0 Å². The molecule has 5 heteroatoms. The van der Waals surface area contributed by atoms with Crippen LogP contribution in [0.1, 0.15) is 12.0 Å². The Morgan fingerprint density at radius 2 is 2.00 bits per heavy atom. The molecule has 2 amide bonds. The van der Waals surface area contributed by atoms with Crippen molar-refractivity contribution in [3.8, 4) is 0 Å². The van der Waals surface area contributed by atoms with Crippen molar-refractivity contribution in [1.82, 2.24) is 4.90 Å². The minimum absolute atomic E-state index is 0.145. The Labute approximate surface area is 105 Å². The van der Waals surface area contributed by atoms with Gasteiger partial charge >= 0.3 is 0 Å². The molecule has 0 aliphatic carbocycles. The van der Waals surface area contributed by atoms with Crippen molar-refractivity contribution in [3.63, 3.8) is 0 Å². The Morgan fingerprint density at radius 1 is 1.33 bits per heavy atom. The van der Waals surface area contributed by atoms with Crippen LogP contribution in [-0.2, 0) is 16.0 Å². The summed E-state index contributed by atoms with van der Waals surface area (Å²) < 4.78 is 0. The Hall–Kier alpha value is -1.88. The van der Waals surface area contributed by atoms with E-state index in [1.165, 1.54) is 4.90 Å². The molecule has 2 rings (SSSR count). The summed E-state index contributed by atoms with van der Waals surface area (Å²) in [6, 6.07) is 8.79. The minimum Gasteiger partial charge on any atom is -0.389 e. The van der Waals surface area contributed by atoms with Gasteiger partial charge in [-0.25, -0.2) is 0 Å². The summed E-state index contributed by atoms with van der Waals surface area (Å²) in [4.78, 5) is 24.3. The monoisotopic (exact) mass is 248 g/mol. The molecular weight excluding hydrogens is 232 g/mol. The van der Waals surface area contributed by atoms with Crippen molar-refractivity contribution in [2.75, 3.05) is 6.54 Å². The van der Waals surface area contributed by atoms with Crippen LogP contribution in [0.25, 0.3) is 0 Å². The Kier molecular flexibility index (Phi) is 3.62. The molecule has 1 saturated heterocycles. The van der Waals surface area contributed by atoms with E-state index in [1.54, 1.807) is 0 Å². The number of primary amides is 1. The zero-order chi connectivity index (χ0) is 13.1. The van der Waals surface area contributed by atoms with E-state index >= 15 is 0 Å². The number of nitrogens with two attached hydrogens (primary N) is 1. The number of benzene rings is 1. The van der Waals surface area contributed by atoms with Crippen molar-refractivity contribution in [2.45, 2.75) is 25.0 Å². The number of likely N-dealkylation sites (tertiary alicyclic amines) is 1. The molecule has 1 aliphatic rings. The first kappa shape index (κ1) is 12.6. The predicted octanol–water partition coefficient (Wildman–Crippen LogP) is -0.324. The first-order chi connectivity index (χ1) is 8.59. The van der Waals surface area contributed by atoms with Gasteiger partial charge in [0.2, 0.25) is 11.8 Å². The molecule has 1 aromatic carbocycles. The highest BCUT2D eigenvalue weighted by molar-refractivity contribution is 5.89. The lowest BCUT2D eigenvalue weighted by molar-refractivity contribution is -0.158. The first-order valence-electron chi connectivity index (χ1n) is 5.90. The second-order valence-electron chi connectivity index (χ2n) is 4.45. The lowest BCUT2D eigenvalue weighted by atomic mass is 9.97. The van der Waals surface area contributed by atoms with Gasteiger partial charge in [-0.05, 0) is 12.0 Å². The summed E-state index contributed by atoms with van der Waals surface area (Å²) in [6.45, 7) is 0.196. The van der Waals surface area contributed by atoms with Gasteiger partial charge in [-0.15, -0.1) is 0 Å². The molecule has 0 spiro atoms. The van der Waals surface area contributed by atoms with Crippen LogP contribution in [0.2, 0.25) is 0 Å². The van der Waals surface area contributed by atoms with E-state index in [0.717, 1.165) is 5.56 Å². The summed E-state index contributed by atoms with van der Waals surface area (Å²) in [5.41, 5.74) is 6.20. The fourth-order valence-electron chi connectivity index (χ4n) is 2.12. The van der Waals surface area contributed by atoms with Crippen molar-refractivity contribution >= 4 is 11.8 Å². The summed E-state index contributed by atoms with van der Waals surface area (Å²) >= 11 is 0. The van der Waals surface area contributed by atoms with Crippen LogP contribution in [0, 0.1) is 0 Å². The number of nitrogens with zero attached hydrogens (tertiary/aromatic N) is 1. The molecule has 1 heterocycles. The normalized spacial score (nSPS) is 22.4. The average molecular weight is 248 g/mol. The van der Waals surface area contributed by atoms with Crippen LogP contribution in [0.3, 0.4) is 0 Å². The second kappa shape index (κ2) is 5.18. The van der Waals surface area contributed by atoms with E-state index in [4.69, 9.17) is 5.73 Å². The molecule has 96 valence electrons. The Bertz CT molecular complexity index is 447. The van der Waals surface area contributed by atoms with Crippen LogP contribution in [-0.4, -0.2) is 40.5 Å². The molecule has 0 aromatic heterocycles. The first-order valence-corrected chi connectivity index (χ1v) is 5.90. The van der Waals surface area contributed by atoms with Crippen LogP contribution in [0.5, 0.6) is 0 Å². The largest absolute Gasteiger partial charge is 0.389 e. The number of β-amino-alcohol motifs (C(OH)–C–C–N with tert-alkyl or cyclic N) is 1. The smallest absolute Gasteiger partial charge is 0.242 e. The molecular formula is C13H16N2O3. The number of carbonyl (C=O) groups is 2. The van der Waals surface area contributed by atoms with Gasteiger partial charge in [0.25, 0.3) is 0 Å². The van der Waals surface area contributed by atoms with Gasteiger partial charge in [-0.3, -0.25) is 9.59 Å². The number of hydrogen-bond acceptors (Lipinski definition) is 3. The molecule has 1 aromatic rings. The number of aryl methyl sites for hydroxylation is 1. The lowest BCUT2D eigenvalue weighted by Gasteiger charge is -2.43. The molecule has 0 bridgehead atoms. The maximum Gasteiger partial charge on any atom is 0.242 e. The van der Waals surface area contributed by atoms with Gasteiger partial charge in [0.05, 0.1) is 6.54 Å². The molecule has 1 fully saturated rings. The highest BCUT2D eigenvalue weighted by Crippen LogP contribution is 2.19. The number of rotatable bonds is 4. The predicted molar refractivity (Wildman–Crippen MR) is 65.5 cm³/mol. The summed E-state index contributed by atoms with van der Waals surface area (Å²) in [7, 11) is 0. The molecule has 0 saturated carbocycles. The fraction of sp³-hybridized carbons (Fsp3) is 0.385. The quantitative estimate of drug-likeness (QED) is 0.765. The van der Waals surface area contributed by atoms with Gasteiger partial charge in [-0.1, -0.05) is 30.3 Å².